The third-order valence-corrected chi connectivity index (χ3v) is 8.70. The fraction of sp³-hybridized carbons (Fsp3) is 0.250. The SMILES string of the molecule is CCOc1cc(C=Nn2c([C@H](C)CC)nc3ccc(Br)cc3c2=O)c(Br)c(Cl)c1OCc1ccc(Cl)c(Cl)c1. The molecule has 0 aliphatic carbocycles. The van der Waals surface area contributed by atoms with E-state index in [0.717, 1.165) is 16.5 Å². The Morgan fingerprint density at radius 3 is 2.51 bits per heavy atom. The monoisotopic (exact) mass is 713 g/mol. The summed E-state index contributed by atoms with van der Waals surface area (Å²) in [6.07, 6.45) is 2.35. The van der Waals surface area contributed by atoms with Crippen LogP contribution in [0.1, 0.15) is 50.1 Å². The predicted molar refractivity (Wildman–Crippen MR) is 167 cm³/mol. The maximum atomic E-state index is 13.5. The number of fused-ring (bicyclic) bond motifs is 1. The fourth-order valence-electron chi connectivity index (χ4n) is 3.78. The van der Waals surface area contributed by atoms with Crippen molar-refractivity contribution in [2.75, 3.05) is 6.61 Å². The van der Waals surface area contributed by atoms with Crippen LogP contribution in [0.5, 0.6) is 11.5 Å². The lowest BCUT2D eigenvalue weighted by Crippen LogP contribution is -2.23. The van der Waals surface area contributed by atoms with Crippen LogP contribution in [0.25, 0.3) is 10.9 Å². The van der Waals surface area contributed by atoms with E-state index in [1.54, 1.807) is 30.5 Å². The second kappa shape index (κ2) is 13.0. The third-order valence-electron chi connectivity index (χ3n) is 6.02. The van der Waals surface area contributed by atoms with Crippen LogP contribution in [0.4, 0.5) is 0 Å². The zero-order valence-electron chi connectivity index (χ0n) is 21.3. The molecular formula is C28H24Br2Cl3N3O3. The summed E-state index contributed by atoms with van der Waals surface area (Å²) in [6, 6.07) is 12.4. The number of halogens is 5. The van der Waals surface area contributed by atoms with Crippen LogP contribution in [-0.4, -0.2) is 22.5 Å². The zero-order valence-corrected chi connectivity index (χ0v) is 26.7. The minimum absolute atomic E-state index is 0.00561. The van der Waals surface area contributed by atoms with Gasteiger partial charge in [-0.2, -0.15) is 9.78 Å². The summed E-state index contributed by atoms with van der Waals surface area (Å²) in [5.74, 6) is 1.37. The molecule has 0 fully saturated rings. The van der Waals surface area contributed by atoms with Crippen molar-refractivity contribution in [1.82, 2.24) is 9.66 Å². The maximum absolute atomic E-state index is 13.5. The summed E-state index contributed by atoms with van der Waals surface area (Å²) >= 11 is 25.9. The first-order chi connectivity index (χ1) is 18.6. The number of rotatable bonds is 9. The second-order valence-electron chi connectivity index (χ2n) is 8.69. The number of benzene rings is 3. The normalized spacial score (nSPS) is 12.3. The van der Waals surface area contributed by atoms with Crippen molar-refractivity contribution in [2.24, 2.45) is 5.10 Å². The van der Waals surface area contributed by atoms with Crippen molar-refractivity contribution in [3.8, 4) is 11.5 Å². The first kappa shape index (κ1) is 29.9. The van der Waals surface area contributed by atoms with E-state index in [-0.39, 0.29) is 18.1 Å². The molecule has 11 heteroatoms. The van der Waals surface area contributed by atoms with Crippen molar-refractivity contribution in [2.45, 2.75) is 39.7 Å². The van der Waals surface area contributed by atoms with Crippen molar-refractivity contribution < 1.29 is 9.47 Å². The van der Waals surface area contributed by atoms with E-state index < -0.39 is 0 Å². The van der Waals surface area contributed by atoms with Crippen LogP contribution >= 0.6 is 66.7 Å². The number of aromatic nitrogens is 2. The number of ether oxygens (including phenoxy) is 2. The second-order valence-corrected chi connectivity index (χ2v) is 11.6. The van der Waals surface area contributed by atoms with Crippen molar-refractivity contribution >= 4 is 83.8 Å². The molecule has 6 nitrogen and oxygen atoms in total. The number of hydrogen-bond acceptors (Lipinski definition) is 5. The largest absolute Gasteiger partial charge is 0.490 e. The maximum Gasteiger partial charge on any atom is 0.282 e. The van der Waals surface area contributed by atoms with Gasteiger partial charge >= 0.3 is 0 Å². The molecular weight excluding hydrogens is 692 g/mol. The molecule has 39 heavy (non-hydrogen) atoms. The average molecular weight is 717 g/mol. The van der Waals surface area contributed by atoms with Crippen molar-refractivity contribution in [1.29, 1.82) is 0 Å². The lowest BCUT2D eigenvalue weighted by Gasteiger charge is -2.17. The van der Waals surface area contributed by atoms with Crippen molar-refractivity contribution in [3.63, 3.8) is 0 Å². The fourth-order valence-corrected chi connectivity index (χ4v) is 5.12. The lowest BCUT2D eigenvalue weighted by atomic mass is 10.1. The molecule has 0 aliphatic heterocycles. The van der Waals surface area contributed by atoms with Gasteiger partial charge in [-0.3, -0.25) is 4.79 Å². The van der Waals surface area contributed by atoms with Crippen LogP contribution in [0.2, 0.25) is 15.1 Å². The molecule has 1 atom stereocenters. The van der Waals surface area contributed by atoms with Gasteiger partial charge in [0, 0.05) is 20.4 Å². The number of nitrogens with zero attached hydrogens (tertiary/aromatic N) is 3. The quantitative estimate of drug-likeness (QED) is 0.162. The highest BCUT2D eigenvalue weighted by molar-refractivity contribution is 9.10. The smallest absolute Gasteiger partial charge is 0.282 e. The first-order valence-electron chi connectivity index (χ1n) is 12.1. The van der Waals surface area contributed by atoms with Crippen LogP contribution < -0.4 is 15.0 Å². The molecule has 0 bridgehead atoms. The molecule has 3 aromatic carbocycles. The summed E-state index contributed by atoms with van der Waals surface area (Å²) in [4.78, 5) is 18.2. The van der Waals surface area contributed by atoms with Crippen molar-refractivity contribution in [3.05, 3.63) is 93.8 Å². The highest BCUT2D eigenvalue weighted by atomic mass is 79.9. The van der Waals surface area contributed by atoms with E-state index in [9.17, 15) is 4.79 Å². The molecule has 4 aromatic rings. The zero-order chi connectivity index (χ0) is 28.3. The van der Waals surface area contributed by atoms with E-state index in [1.165, 1.54) is 4.68 Å². The predicted octanol–water partition coefficient (Wildman–Crippen LogP) is 9.26. The lowest BCUT2D eigenvalue weighted by molar-refractivity contribution is 0.269. The Morgan fingerprint density at radius 2 is 1.82 bits per heavy atom. The summed E-state index contributed by atoms with van der Waals surface area (Å²) in [5.41, 5.74) is 1.77. The van der Waals surface area contributed by atoms with Crippen LogP contribution in [0.3, 0.4) is 0 Å². The number of hydrogen-bond donors (Lipinski definition) is 0. The summed E-state index contributed by atoms with van der Waals surface area (Å²) in [7, 11) is 0. The molecule has 0 amide bonds. The van der Waals surface area contributed by atoms with Gasteiger partial charge in [0.05, 0.1) is 33.8 Å². The van der Waals surface area contributed by atoms with Gasteiger partial charge in [0.25, 0.3) is 5.56 Å². The molecule has 1 aromatic heterocycles. The summed E-state index contributed by atoms with van der Waals surface area (Å²) in [6.45, 7) is 6.50. The minimum atomic E-state index is -0.262. The van der Waals surface area contributed by atoms with Crippen LogP contribution in [-0.2, 0) is 6.61 Å². The summed E-state index contributed by atoms with van der Waals surface area (Å²) < 4.78 is 14.6. The van der Waals surface area contributed by atoms with Gasteiger partial charge in [0.2, 0.25) is 0 Å². The minimum Gasteiger partial charge on any atom is -0.490 e. The van der Waals surface area contributed by atoms with Gasteiger partial charge in [-0.1, -0.05) is 70.6 Å². The first-order valence-corrected chi connectivity index (χ1v) is 14.8. The molecule has 0 radical (unpaired) electrons. The van der Waals surface area contributed by atoms with Gasteiger partial charge in [0.15, 0.2) is 11.5 Å². The highest BCUT2D eigenvalue weighted by Gasteiger charge is 2.19. The Balaban J connectivity index is 1.75. The molecule has 0 saturated heterocycles. The van der Waals surface area contributed by atoms with Gasteiger partial charge < -0.3 is 9.47 Å². The Labute approximate surface area is 258 Å². The third kappa shape index (κ3) is 6.63. The Kier molecular flexibility index (Phi) is 9.99. The van der Waals surface area contributed by atoms with Crippen LogP contribution in [0, 0.1) is 0 Å². The molecule has 0 spiro atoms. The Morgan fingerprint density at radius 1 is 1.05 bits per heavy atom. The molecule has 1 heterocycles. The molecule has 0 N–H and O–H groups in total. The van der Waals surface area contributed by atoms with E-state index in [0.29, 0.717) is 59.9 Å². The molecule has 204 valence electrons. The molecule has 0 unspecified atom stereocenters. The summed E-state index contributed by atoms with van der Waals surface area (Å²) in [5, 5.41) is 6.22. The van der Waals surface area contributed by atoms with Crippen LogP contribution in [0.15, 0.2) is 61.3 Å². The van der Waals surface area contributed by atoms with Gasteiger partial charge in [-0.15, -0.1) is 0 Å². The average Bonchev–Trinajstić information content (AvgIpc) is 2.92. The Bertz CT molecular complexity index is 1630. The molecule has 0 aliphatic rings. The Hall–Kier alpha value is -2.10. The van der Waals surface area contributed by atoms with E-state index in [2.05, 4.69) is 37.0 Å². The standard InChI is InChI=1S/C28H24Br2Cl3N3O3/c1-4-15(3)27-35-22-9-7-18(29)12-19(22)28(37)36(27)34-13-17-11-23(38-5-2)26(25(33)24(17)30)39-14-16-6-8-20(31)21(32)10-16/h6-13,15H,4-5,14H2,1-3H3/t15-/m1/s1. The van der Waals surface area contributed by atoms with E-state index in [1.807, 2.05) is 39.0 Å². The van der Waals surface area contributed by atoms with Gasteiger partial charge in [0.1, 0.15) is 17.5 Å². The van der Waals surface area contributed by atoms with E-state index in [4.69, 9.17) is 49.3 Å². The topological polar surface area (TPSA) is 65.7 Å². The molecule has 0 saturated carbocycles. The highest BCUT2D eigenvalue weighted by Crippen LogP contribution is 2.43. The van der Waals surface area contributed by atoms with Gasteiger partial charge in [-0.25, -0.2) is 4.98 Å². The van der Waals surface area contributed by atoms with Gasteiger partial charge in [-0.05, 0) is 71.2 Å². The molecule has 4 rings (SSSR count). The van der Waals surface area contributed by atoms with E-state index >= 15 is 0 Å².